The molecule has 0 atom stereocenters. The fourth-order valence-corrected chi connectivity index (χ4v) is 4.14. The Bertz CT molecular complexity index is 1550. The Labute approximate surface area is 220 Å². The van der Waals surface area contributed by atoms with Crippen molar-refractivity contribution in [2.45, 2.75) is 12.6 Å². The monoisotopic (exact) mass is 533 g/mol. The Morgan fingerprint density at radius 3 is 2.26 bits per heavy atom. The van der Waals surface area contributed by atoms with Crippen LogP contribution in [-0.4, -0.2) is 44.1 Å². The summed E-state index contributed by atoms with van der Waals surface area (Å²) in [6.07, 6.45) is -3.60. The van der Waals surface area contributed by atoms with Gasteiger partial charge in [0.2, 0.25) is 11.7 Å². The summed E-state index contributed by atoms with van der Waals surface area (Å²) in [6, 6.07) is 23.7. The van der Waals surface area contributed by atoms with Gasteiger partial charge in [0.25, 0.3) is 5.89 Å². The van der Waals surface area contributed by atoms with Crippen LogP contribution < -0.4 is 4.90 Å². The van der Waals surface area contributed by atoms with Gasteiger partial charge in [0.05, 0.1) is 30.5 Å². The Balaban J connectivity index is 1.37. The van der Waals surface area contributed by atoms with Gasteiger partial charge in [0.1, 0.15) is 0 Å². The highest BCUT2D eigenvalue weighted by molar-refractivity contribution is 5.94. The number of para-hydroxylation sites is 2. The lowest BCUT2D eigenvalue weighted by molar-refractivity contribution is -0.142. The minimum atomic E-state index is -4.73. The molecule has 8 nitrogen and oxygen atoms in total. The maximum Gasteiger partial charge on any atom is 0.434 e. The normalized spacial score (nSPS) is 11.5. The van der Waals surface area contributed by atoms with Crippen molar-refractivity contribution in [2.75, 3.05) is 18.1 Å². The largest absolute Gasteiger partial charge is 0.434 e. The third kappa shape index (κ3) is 5.58. The van der Waals surface area contributed by atoms with Crippen LogP contribution >= 0.6 is 0 Å². The van der Waals surface area contributed by atoms with Gasteiger partial charge in [0.15, 0.2) is 5.69 Å². The van der Waals surface area contributed by atoms with E-state index in [1.165, 1.54) is 17.0 Å². The van der Waals surface area contributed by atoms with Crippen LogP contribution in [0.5, 0.6) is 0 Å². The molecule has 5 rings (SSSR count). The molecule has 2 aromatic heterocycles. The number of amides is 1. The van der Waals surface area contributed by atoms with Gasteiger partial charge in [-0.15, -0.1) is 0 Å². The van der Waals surface area contributed by atoms with E-state index in [2.05, 4.69) is 15.2 Å². The molecule has 0 aliphatic heterocycles. The molecule has 39 heavy (non-hydrogen) atoms. The van der Waals surface area contributed by atoms with Gasteiger partial charge < -0.3 is 14.5 Å². The van der Waals surface area contributed by atoms with E-state index in [0.717, 1.165) is 10.9 Å². The van der Waals surface area contributed by atoms with Crippen LogP contribution in [0.1, 0.15) is 11.3 Å². The van der Waals surface area contributed by atoms with Crippen LogP contribution in [0.15, 0.2) is 95.6 Å². The van der Waals surface area contributed by atoms with Crippen LogP contribution in [0.2, 0.25) is 0 Å². The molecule has 0 radical (unpaired) electrons. The second-order valence-corrected chi connectivity index (χ2v) is 8.55. The van der Waals surface area contributed by atoms with E-state index in [1.54, 1.807) is 54.6 Å². The van der Waals surface area contributed by atoms with E-state index in [0.29, 0.717) is 16.8 Å². The van der Waals surface area contributed by atoms with Crippen molar-refractivity contribution in [2.24, 2.45) is 0 Å². The predicted octanol–water partition coefficient (Wildman–Crippen LogP) is 5.18. The second kappa shape index (κ2) is 10.9. The van der Waals surface area contributed by atoms with Crippen LogP contribution in [0.25, 0.3) is 28.5 Å². The zero-order valence-corrected chi connectivity index (χ0v) is 20.4. The molecule has 3 aromatic carbocycles. The van der Waals surface area contributed by atoms with Crippen molar-refractivity contribution in [1.29, 1.82) is 0 Å². The molecule has 0 saturated heterocycles. The molecule has 1 amide bonds. The van der Waals surface area contributed by atoms with Crippen molar-refractivity contribution in [3.63, 3.8) is 0 Å². The average Bonchev–Trinajstić information content (AvgIpc) is 3.61. The van der Waals surface area contributed by atoms with E-state index >= 15 is 0 Å². The molecule has 0 aliphatic carbocycles. The number of aliphatic hydroxyl groups excluding tert-OH is 1. The minimum absolute atomic E-state index is 0.0836. The first-order chi connectivity index (χ1) is 18.8. The molecule has 1 N–H and O–H groups in total. The smallest absolute Gasteiger partial charge is 0.395 e. The van der Waals surface area contributed by atoms with E-state index in [9.17, 15) is 23.1 Å². The number of nitrogens with zero attached hydrogens (tertiary/aromatic N) is 5. The number of anilines is 1. The highest BCUT2D eigenvalue weighted by atomic mass is 19.4. The van der Waals surface area contributed by atoms with Gasteiger partial charge in [-0.1, -0.05) is 65.8 Å². The van der Waals surface area contributed by atoms with Gasteiger partial charge in [-0.3, -0.25) is 4.79 Å². The number of aromatic nitrogens is 4. The number of carbonyl (C=O) groups is 1. The molecule has 11 heteroatoms. The van der Waals surface area contributed by atoms with Gasteiger partial charge in [-0.25, -0.2) is 4.68 Å². The van der Waals surface area contributed by atoms with Crippen molar-refractivity contribution < 1.29 is 27.6 Å². The van der Waals surface area contributed by atoms with Crippen LogP contribution in [0, 0.1) is 0 Å². The Hall–Kier alpha value is -4.77. The summed E-state index contributed by atoms with van der Waals surface area (Å²) in [4.78, 5) is 18.6. The Morgan fingerprint density at radius 2 is 1.62 bits per heavy atom. The molecule has 0 fully saturated rings. The summed E-state index contributed by atoms with van der Waals surface area (Å²) < 4.78 is 48.0. The summed E-state index contributed by atoms with van der Waals surface area (Å²) in [7, 11) is 0. The highest BCUT2D eigenvalue weighted by Gasteiger charge is 2.40. The van der Waals surface area contributed by atoms with E-state index in [-0.39, 0.29) is 48.4 Å². The summed E-state index contributed by atoms with van der Waals surface area (Å²) in [6.45, 7) is -0.0205. The first-order valence-electron chi connectivity index (χ1n) is 12.0. The third-order valence-corrected chi connectivity index (χ3v) is 5.95. The lowest BCUT2D eigenvalue weighted by Gasteiger charge is -2.22. The van der Waals surface area contributed by atoms with Gasteiger partial charge >= 0.3 is 6.18 Å². The van der Waals surface area contributed by atoms with Gasteiger partial charge in [-0.2, -0.15) is 23.3 Å². The Morgan fingerprint density at radius 1 is 0.949 bits per heavy atom. The van der Waals surface area contributed by atoms with E-state index in [4.69, 9.17) is 4.52 Å². The fourth-order valence-electron chi connectivity index (χ4n) is 4.14. The van der Waals surface area contributed by atoms with Gasteiger partial charge in [-0.05, 0) is 29.8 Å². The second-order valence-electron chi connectivity index (χ2n) is 8.55. The molecule has 0 aliphatic rings. The number of hydrogen-bond donors (Lipinski definition) is 1. The standard InChI is InChI=1S/C28H22F3N5O3/c29-28(30,31)25-23(18-32-36(25)22-9-5-2-6-10-22)27-33-26(34-39-27)20-13-11-19(12-14-20)17-24(38)35(15-16-37)21-7-3-1-4-8-21/h1-14,18,37H,15-17H2. The molecule has 0 saturated carbocycles. The average molecular weight is 534 g/mol. The predicted molar refractivity (Wildman–Crippen MR) is 137 cm³/mol. The van der Waals surface area contributed by atoms with Crippen molar-refractivity contribution >= 4 is 11.6 Å². The first-order valence-corrected chi connectivity index (χ1v) is 12.0. The molecular weight excluding hydrogens is 511 g/mol. The highest BCUT2D eigenvalue weighted by Crippen LogP contribution is 2.38. The lowest BCUT2D eigenvalue weighted by atomic mass is 10.1. The summed E-state index contributed by atoms with van der Waals surface area (Å²) in [5.41, 5.74) is 0.767. The number of halogens is 3. The lowest BCUT2D eigenvalue weighted by Crippen LogP contribution is -2.34. The topological polar surface area (TPSA) is 97.3 Å². The summed E-state index contributed by atoms with van der Waals surface area (Å²) in [5, 5.41) is 17.2. The zero-order valence-electron chi connectivity index (χ0n) is 20.4. The molecule has 0 unspecified atom stereocenters. The molecular formula is C28H22F3N5O3. The minimum Gasteiger partial charge on any atom is -0.395 e. The number of aliphatic hydroxyl groups is 1. The Kier molecular flexibility index (Phi) is 7.24. The third-order valence-electron chi connectivity index (χ3n) is 5.95. The van der Waals surface area contributed by atoms with Crippen molar-refractivity contribution in [1.82, 2.24) is 19.9 Å². The quantitative estimate of drug-likeness (QED) is 0.295. The number of hydrogen-bond acceptors (Lipinski definition) is 6. The molecule has 5 aromatic rings. The maximum absolute atomic E-state index is 14.0. The molecule has 2 heterocycles. The van der Waals surface area contributed by atoms with Crippen LogP contribution in [-0.2, 0) is 17.4 Å². The number of benzene rings is 3. The fraction of sp³-hybridized carbons (Fsp3) is 0.143. The number of carbonyl (C=O) groups excluding carboxylic acids is 1. The van der Waals surface area contributed by atoms with Gasteiger partial charge in [0, 0.05) is 17.8 Å². The maximum atomic E-state index is 14.0. The first kappa shape index (κ1) is 25.9. The van der Waals surface area contributed by atoms with Crippen molar-refractivity contribution in [3.8, 4) is 28.5 Å². The molecule has 198 valence electrons. The van der Waals surface area contributed by atoms with Crippen LogP contribution in [0.4, 0.5) is 18.9 Å². The summed E-state index contributed by atoms with van der Waals surface area (Å²) in [5.74, 6) is -0.420. The van der Waals surface area contributed by atoms with Crippen LogP contribution in [0.3, 0.4) is 0 Å². The molecule has 0 bridgehead atoms. The van der Waals surface area contributed by atoms with E-state index < -0.39 is 11.9 Å². The van der Waals surface area contributed by atoms with E-state index in [1.807, 2.05) is 18.2 Å². The zero-order chi connectivity index (χ0) is 27.4. The number of alkyl halides is 3. The van der Waals surface area contributed by atoms with Crippen molar-refractivity contribution in [3.05, 3.63) is 102 Å². The molecule has 0 spiro atoms. The SMILES string of the molecule is O=C(Cc1ccc(-c2noc(-c3cnn(-c4ccccc4)c3C(F)(F)F)n2)cc1)N(CCO)c1ccccc1. The number of rotatable bonds is 8. The summed E-state index contributed by atoms with van der Waals surface area (Å²) >= 11 is 0.